The maximum Gasteiger partial charge on any atom is 0.242 e. The summed E-state index contributed by atoms with van der Waals surface area (Å²) in [5.41, 5.74) is 5.88. The lowest BCUT2D eigenvalue weighted by atomic mass is 10.4. The van der Waals surface area contributed by atoms with Crippen molar-refractivity contribution in [3.63, 3.8) is 0 Å². The third kappa shape index (κ3) is 2.22. The molecule has 84 valence electrons. The Morgan fingerprint density at radius 3 is 2.73 bits per heavy atom. The van der Waals surface area contributed by atoms with Gasteiger partial charge in [-0.2, -0.15) is 0 Å². The Hall–Kier alpha value is -0.850. The molecule has 0 radical (unpaired) electrons. The highest BCUT2D eigenvalue weighted by atomic mass is 32.2. The molecule has 1 fully saturated rings. The van der Waals surface area contributed by atoms with Gasteiger partial charge in [0.1, 0.15) is 0 Å². The fraction of sp³-hybridized carbons (Fsp3) is 0.556. The summed E-state index contributed by atoms with van der Waals surface area (Å²) in [5, 5.41) is 0. The summed E-state index contributed by atoms with van der Waals surface area (Å²) < 4.78 is 26.4. The van der Waals surface area contributed by atoms with Crippen LogP contribution in [0.25, 0.3) is 0 Å². The van der Waals surface area contributed by atoms with Crippen molar-refractivity contribution in [3.05, 3.63) is 18.0 Å². The van der Waals surface area contributed by atoms with Gasteiger partial charge in [0, 0.05) is 24.0 Å². The van der Waals surface area contributed by atoms with E-state index in [4.69, 9.17) is 5.73 Å². The summed E-state index contributed by atoms with van der Waals surface area (Å²) in [6.45, 7) is 2.22. The molecular formula is C9H15N3O2S. The van der Waals surface area contributed by atoms with Crippen LogP contribution in [0, 0.1) is 0 Å². The first-order valence-corrected chi connectivity index (χ1v) is 6.35. The molecule has 1 heterocycles. The quantitative estimate of drug-likeness (QED) is 0.694. The minimum atomic E-state index is -3.38. The molecule has 0 amide bonds. The first-order valence-electron chi connectivity index (χ1n) is 4.87. The van der Waals surface area contributed by atoms with E-state index in [1.54, 1.807) is 6.07 Å². The average Bonchev–Trinajstić information content (AvgIpc) is 2.71. The Bertz CT molecular complexity index is 459. The number of nitrogens with two attached hydrogens (primary N) is 1. The second kappa shape index (κ2) is 3.33. The zero-order valence-electron chi connectivity index (χ0n) is 8.58. The second-order valence-electron chi connectivity index (χ2n) is 4.23. The fourth-order valence-electron chi connectivity index (χ4n) is 1.36. The van der Waals surface area contributed by atoms with Gasteiger partial charge in [-0.15, -0.1) is 0 Å². The molecule has 4 N–H and O–H groups in total. The maximum atomic E-state index is 11.8. The monoisotopic (exact) mass is 229 g/mol. The predicted molar refractivity (Wildman–Crippen MR) is 56.6 cm³/mol. The van der Waals surface area contributed by atoms with Crippen LogP contribution >= 0.6 is 0 Å². The van der Waals surface area contributed by atoms with E-state index in [-0.39, 0.29) is 10.4 Å². The Labute approximate surface area is 89.1 Å². The molecule has 0 spiro atoms. The van der Waals surface area contributed by atoms with Crippen LogP contribution in [-0.2, 0) is 16.6 Å². The van der Waals surface area contributed by atoms with Crippen LogP contribution < -0.4 is 10.5 Å². The van der Waals surface area contributed by atoms with Crippen LogP contribution in [0.5, 0.6) is 0 Å². The minimum Gasteiger partial charge on any atom is -0.363 e. The van der Waals surface area contributed by atoms with Crippen molar-refractivity contribution in [1.82, 2.24) is 9.71 Å². The van der Waals surface area contributed by atoms with Crippen molar-refractivity contribution in [1.29, 1.82) is 0 Å². The molecule has 6 heteroatoms. The first kappa shape index (κ1) is 10.7. The number of hydrogen-bond donors (Lipinski definition) is 3. The number of aromatic nitrogens is 1. The number of aromatic amines is 1. The maximum absolute atomic E-state index is 11.8. The first-order chi connectivity index (χ1) is 6.95. The molecule has 5 nitrogen and oxygen atoms in total. The molecule has 0 atom stereocenters. The minimum absolute atomic E-state index is 0.237. The SMILES string of the molecule is CC1(NS(=O)(=O)c2c[nH]c(CN)c2)CC1. The lowest BCUT2D eigenvalue weighted by Crippen LogP contribution is -2.33. The smallest absolute Gasteiger partial charge is 0.242 e. The van der Waals surface area contributed by atoms with E-state index in [0.29, 0.717) is 6.54 Å². The molecular weight excluding hydrogens is 214 g/mol. The molecule has 1 aromatic rings. The Kier molecular flexibility index (Phi) is 2.37. The average molecular weight is 229 g/mol. The summed E-state index contributed by atoms with van der Waals surface area (Å²) in [6.07, 6.45) is 3.27. The zero-order chi connectivity index (χ0) is 11.1. The molecule has 0 bridgehead atoms. The molecule has 0 saturated heterocycles. The topological polar surface area (TPSA) is 88.0 Å². The number of sulfonamides is 1. The van der Waals surface area contributed by atoms with E-state index in [9.17, 15) is 8.42 Å². The van der Waals surface area contributed by atoms with Gasteiger partial charge in [-0.25, -0.2) is 13.1 Å². The van der Waals surface area contributed by atoms with Gasteiger partial charge < -0.3 is 10.7 Å². The zero-order valence-corrected chi connectivity index (χ0v) is 9.39. The van der Waals surface area contributed by atoms with E-state index in [1.807, 2.05) is 6.92 Å². The molecule has 0 aliphatic heterocycles. The molecule has 1 aliphatic rings. The highest BCUT2D eigenvalue weighted by Crippen LogP contribution is 2.35. The van der Waals surface area contributed by atoms with E-state index >= 15 is 0 Å². The van der Waals surface area contributed by atoms with Crippen molar-refractivity contribution in [2.24, 2.45) is 5.73 Å². The van der Waals surface area contributed by atoms with Gasteiger partial charge in [0.2, 0.25) is 10.0 Å². The lowest BCUT2D eigenvalue weighted by molar-refractivity contribution is 0.558. The number of H-pyrrole nitrogens is 1. The third-order valence-electron chi connectivity index (χ3n) is 2.63. The number of rotatable bonds is 4. The molecule has 2 rings (SSSR count). The lowest BCUT2D eigenvalue weighted by Gasteiger charge is -2.10. The largest absolute Gasteiger partial charge is 0.363 e. The van der Waals surface area contributed by atoms with Crippen molar-refractivity contribution >= 4 is 10.0 Å². The molecule has 0 unspecified atom stereocenters. The second-order valence-corrected chi connectivity index (χ2v) is 5.91. The highest BCUT2D eigenvalue weighted by molar-refractivity contribution is 7.89. The van der Waals surface area contributed by atoms with Crippen molar-refractivity contribution < 1.29 is 8.42 Å². The van der Waals surface area contributed by atoms with Crippen LogP contribution in [0.3, 0.4) is 0 Å². The van der Waals surface area contributed by atoms with Crippen LogP contribution in [0.4, 0.5) is 0 Å². The van der Waals surface area contributed by atoms with Gasteiger partial charge in [0.15, 0.2) is 0 Å². The standard InChI is InChI=1S/C9H15N3O2S/c1-9(2-3-9)12-15(13,14)8-4-7(5-10)11-6-8/h4,6,11-12H,2-3,5,10H2,1H3. The Morgan fingerprint density at radius 1 is 1.60 bits per heavy atom. The van der Waals surface area contributed by atoms with Crippen molar-refractivity contribution in [3.8, 4) is 0 Å². The van der Waals surface area contributed by atoms with E-state index in [0.717, 1.165) is 18.5 Å². The normalized spacial score (nSPS) is 19.1. The molecule has 1 saturated carbocycles. The van der Waals surface area contributed by atoms with Gasteiger partial charge >= 0.3 is 0 Å². The van der Waals surface area contributed by atoms with E-state index < -0.39 is 10.0 Å². The summed E-state index contributed by atoms with van der Waals surface area (Å²) >= 11 is 0. The van der Waals surface area contributed by atoms with Gasteiger partial charge in [0.05, 0.1) is 4.90 Å². The third-order valence-corrected chi connectivity index (χ3v) is 4.25. The predicted octanol–water partition coefficient (Wildman–Crippen LogP) is 0.304. The van der Waals surface area contributed by atoms with Crippen molar-refractivity contribution in [2.75, 3.05) is 0 Å². The van der Waals surface area contributed by atoms with Gasteiger partial charge in [-0.3, -0.25) is 0 Å². The van der Waals surface area contributed by atoms with Gasteiger partial charge in [0.25, 0.3) is 0 Å². The Morgan fingerprint density at radius 2 is 2.27 bits per heavy atom. The van der Waals surface area contributed by atoms with Gasteiger partial charge in [-0.05, 0) is 25.8 Å². The molecule has 1 aliphatic carbocycles. The van der Waals surface area contributed by atoms with E-state index in [2.05, 4.69) is 9.71 Å². The highest BCUT2D eigenvalue weighted by Gasteiger charge is 2.41. The summed E-state index contributed by atoms with van der Waals surface area (Å²) in [6, 6.07) is 1.56. The van der Waals surface area contributed by atoms with Crippen LogP contribution in [0.1, 0.15) is 25.5 Å². The molecule has 1 aromatic heterocycles. The summed E-state index contributed by atoms with van der Waals surface area (Å²) in [7, 11) is -3.38. The van der Waals surface area contributed by atoms with Gasteiger partial charge in [-0.1, -0.05) is 0 Å². The molecule has 15 heavy (non-hydrogen) atoms. The summed E-state index contributed by atoms with van der Waals surface area (Å²) in [4.78, 5) is 3.08. The fourth-order valence-corrected chi connectivity index (χ4v) is 2.85. The van der Waals surface area contributed by atoms with Crippen LogP contribution in [-0.4, -0.2) is 18.9 Å². The number of hydrogen-bond acceptors (Lipinski definition) is 3. The van der Waals surface area contributed by atoms with Crippen molar-refractivity contribution in [2.45, 2.75) is 36.7 Å². The number of nitrogens with one attached hydrogen (secondary N) is 2. The summed E-state index contributed by atoms with van der Waals surface area (Å²) in [5.74, 6) is 0. The Balaban J connectivity index is 2.21. The molecule has 0 aromatic carbocycles. The van der Waals surface area contributed by atoms with Crippen LogP contribution in [0.15, 0.2) is 17.2 Å². The van der Waals surface area contributed by atoms with E-state index in [1.165, 1.54) is 6.20 Å². The van der Waals surface area contributed by atoms with Crippen LogP contribution in [0.2, 0.25) is 0 Å².